The maximum atomic E-state index is 12.9. The maximum absolute atomic E-state index is 12.9. The lowest BCUT2D eigenvalue weighted by molar-refractivity contribution is -0.138. The molecule has 0 spiro atoms. The molecule has 0 aliphatic carbocycles. The van der Waals surface area contributed by atoms with Crippen LogP contribution in [0.4, 0.5) is 0 Å². The Kier molecular flexibility index (Phi) is 6.46. The molecule has 1 atom stereocenters. The second kappa shape index (κ2) is 8.34. The number of benzene rings is 1. The minimum absolute atomic E-state index is 0.179. The van der Waals surface area contributed by atoms with Gasteiger partial charge in [-0.25, -0.2) is 0 Å². The Hall–Kier alpha value is -1.55. The van der Waals surface area contributed by atoms with Crippen LogP contribution >= 0.6 is 0 Å². The monoisotopic (exact) mass is 319 g/mol. The van der Waals surface area contributed by atoms with Crippen molar-refractivity contribution < 1.29 is 14.3 Å². The van der Waals surface area contributed by atoms with Crippen LogP contribution in [0.3, 0.4) is 0 Å². The molecular formula is C19H29NO3. The third-order valence-corrected chi connectivity index (χ3v) is 4.57. The van der Waals surface area contributed by atoms with Gasteiger partial charge in [-0.2, -0.15) is 0 Å². The molecule has 0 aromatic heterocycles. The molecule has 1 fully saturated rings. The molecular weight excluding hydrogens is 290 g/mol. The van der Waals surface area contributed by atoms with Crippen molar-refractivity contribution in [2.75, 3.05) is 20.3 Å². The average Bonchev–Trinajstić information content (AvgIpc) is 2.55. The average molecular weight is 319 g/mol. The van der Waals surface area contributed by atoms with Crippen LogP contribution in [0.1, 0.15) is 51.5 Å². The van der Waals surface area contributed by atoms with Gasteiger partial charge in [0.2, 0.25) is 5.91 Å². The molecule has 1 aliphatic heterocycles. The lowest BCUT2D eigenvalue weighted by Crippen LogP contribution is -2.47. The molecule has 0 radical (unpaired) electrons. The standard InChI is InChI=1S/C19H29NO3/c1-14(2)20(17-8-10-23-11-9-17)19(21)12-15(3)16-6-5-7-18(13-16)22-4/h5-7,13-15,17H,8-12H2,1-4H3. The fourth-order valence-corrected chi connectivity index (χ4v) is 3.31. The van der Waals surface area contributed by atoms with Gasteiger partial charge in [0.05, 0.1) is 7.11 Å². The molecule has 1 unspecified atom stereocenters. The van der Waals surface area contributed by atoms with E-state index in [1.54, 1.807) is 7.11 Å². The Balaban J connectivity index is 2.04. The van der Waals surface area contributed by atoms with Crippen molar-refractivity contribution in [3.63, 3.8) is 0 Å². The number of carbonyl (C=O) groups excluding carboxylic acids is 1. The van der Waals surface area contributed by atoms with Gasteiger partial charge in [0.25, 0.3) is 0 Å². The van der Waals surface area contributed by atoms with Crippen LogP contribution in [0.5, 0.6) is 5.75 Å². The molecule has 1 heterocycles. The minimum atomic E-state index is 0.179. The van der Waals surface area contributed by atoms with Crippen molar-refractivity contribution in [1.82, 2.24) is 4.90 Å². The maximum Gasteiger partial charge on any atom is 0.223 e. The van der Waals surface area contributed by atoms with Crippen LogP contribution in [0.25, 0.3) is 0 Å². The third kappa shape index (κ3) is 4.71. The number of amides is 1. The van der Waals surface area contributed by atoms with Gasteiger partial charge in [0.1, 0.15) is 5.75 Å². The van der Waals surface area contributed by atoms with Gasteiger partial charge < -0.3 is 14.4 Å². The van der Waals surface area contributed by atoms with E-state index in [0.717, 1.165) is 37.4 Å². The third-order valence-electron chi connectivity index (χ3n) is 4.57. The van der Waals surface area contributed by atoms with Crippen LogP contribution in [0, 0.1) is 0 Å². The Labute approximate surface area is 139 Å². The lowest BCUT2D eigenvalue weighted by Gasteiger charge is -2.38. The highest BCUT2D eigenvalue weighted by atomic mass is 16.5. The zero-order valence-corrected chi connectivity index (χ0v) is 14.7. The largest absolute Gasteiger partial charge is 0.497 e. The zero-order chi connectivity index (χ0) is 16.8. The normalized spacial score (nSPS) is 17.1. The van der Waals surface area contributed by atoms with Crippen LogP contribution in [-0.4, -0.2) is 43.2 Å². The highest BCUT2D eigenvalue weighted by molar-refractivity contribution is 5.77. The second-order valence-electron chi connectivity index (χ2n) is 6.62. The number of rotatable bonds is 6. The van der Waals surface area contributed by atoms with Crippen molar-refractivity contribution in [3.05, 3.63) is 29.8 Å². The van der Waals surface area contributed by atoms with Gasteiger partial charge in [-0.15, -0.1) is 0 Å². The second-order valence-corrected chi connectivity index (χ2v) is 6.62. The van der Waals surface area contributed by atoms with Crippen LogP contribution in [-0.2, 0) is 9.53 Å². The molecule has 0 N–H and O–H groups in total. The van der Waals surface area contributed by atoms with Gasteiger partial charge in [-0.3, -0.25) is 4.79 Å². The van der Waals surface area contributed by atoms with Gasteiger partial charge in [0.15, 0.2) is 0 Å². The number of methoxy groups -OCH3 is 1. The summed E-state index contributed by atoms with van der Waals surface area (Å²) in [6.07, 6.45) is 2.41. The van der Waals surface area contributed by atoms with Crippen LogP contribution < -0.4 is 4.74 Å². The van der Waals surface area contributed by atoms with E-state index in [2.05, 4.69) is 31.7 Å². The molecule has 1 aromatic carbocycles. The van der Waals surface area contributed by atoms with Crippen molar-refractivity contribution in [3.8, 4) is 5.75 Å². The summed E-state index contributed by atoms with van der Waals surface area (Å²) in [5.74, 6) is 1.26. The van der Waals surface area contributed by atoms with Gasteiger partial charge in [0, 0.05) is 31.7 Å². The molecule has 4 heteroatoms. The van der Waals surface area contributed by atoms with Crippen molar-refractivity contribution in [2.45, 2.75) is 58.0 Å². The minimum Gasteiger partial charge on any atom is -0.497 e. The molecule has 23 heavy (non-hydrogen) atoms. The van der Waals surface area contributed by atoms with Gasteiger partial charge in [-0.1, -0.05) is 19.1 Å². The van der Waals surface area contributed by atoms with Crippen molar-refractivity contribution in [2.24, 2.45) is 0 Å². The highest BCUT2D eigenvalue weighted by Crippen LogP contribution is 2.26. The summed E-state index contributed by atoms with van der Waals surface area (Å²) in [6, 6.07) is 8.53. The summed E-state index contributed by atoms with van der Waals surface area (Å²) >= 11 is 0. The lowest BCUT2D eigenvalue weighted by atomic mass is 9.95. The molecule has 0 saturated carbocycles. The Morgan fingerprint density at radius 3 is 2.61 bits per heavy atom. The van der Waals surface area contributed by atoms with E-state index in [0.29, 0.717) is 12.5 Å². The quantitative estimate of drug-likeness (QED) is 0.804. The first-order valence-electron chi connectivity index (χ1n) is 8.55. The number of hydrogen-bond donors (Lipinski definition) is 0. The fraction of sp³-hybridized carbons (Fsp3) is 0.632. The van der Waals surface area contributed by atoms with Gasteiger partial charge >= 0.3 is 0 Å². The number of carbonyl (C=O) groups is 1. The van der Waals surface area contributed by atoms with Crippen LogP contribution in [0.15, 0.2) is 24.3 Å². The first kappa shape index (κ1) is 17.8. The van der Waals surface area contributed by atoms with Crippen molar-refractivity contribution >= 4 is 5.91 Å². The van der Waals surface area contributed by atoms with E-state index < -0.39 is 0 Å². The summed E-state index contributed by atoms with van der Waals surface area (Å²) in [6.45, 7) is 7.82. The molecule has 1 amide bonds. The van der Waals surface area contributed by atoms with Crippen molar-refractivity contribution in [1.29, 1.82) is 0 Å². The first-order chi connectivity index (χ1) is 11.0. The number of ether oxygens (including phenoxy) is 2. The first-order valence-corrected chi connectivity index (χ1v) is 8.55. The van der Waals surface area contributed by atoms with Gasteiger partial charge in [-0.05, 0) is 50.3 Å². The smallest absolute Gasteiger partial charge is 0.223 e. The fourth-order valence-electron chi connectivity index (χ4n) is 3.31. The van der Waals surface area contributed by atoms with E-state index >= 15 is 0 Å². The Morgan fingerprint density at radius 1 is 1.30 bits per heavy atom. The summed E-state index contributed by atoms with van der Waals surface area (Å²) < 4.78 is 10.7. The number of nitrogens with zero attached hydrogens (tertiary/aromatic N) is 1. The summed E-state index contributed by atoms with van der Waals surface area (Å²) in [7, 11) is 1.67. The van der Waals surface area contributed by atoms with Crippen LogP contribution in [0.2, 0.25) is 0 Å². The molecule has 1 aliphatic rings. The summed E-state index contributed by atoms with van der Waals surface area (Å²) in [4.78, 5) is 14.9. The SMILES string of the molecule is COc1cccc(C(C)CC(=O)N(C(C)C)C2CCOCC2)c1. The van der Waals surface area contributed by atoms with E-state index in [9.17, 15) is 4.79 Å². The molecule has 2 rings (SSSR count). The van der Waals surface area contributed by atoms with E-state index in [1.807, 2.05) is 18.2 Å². The molecule has 1 aromatic rings. The Morgan fingerprint density at radius 2 is 2.00 bits per heavy atom. The highest BCUT2D eigenvalue weighted by Gasteiger charge is 2.28. The topological polar surface area (TPSA) is 38.8 Å². The Bertz CT molecular complexity index is 509. The predicted molar refractivity (Wildman–Crippen MR) is 91.8 cm³/mol. The number of hydrogen-bond acceptors (Lipinski definition) is 3. The molecule has 128 valence electrons. The molecule has 0 bridgehead atoms. The molecule has 4 nitrogen and oxygen atoms in total. The summed E-state index contributed by atoms with van der Waals surface area (Å²) in [5.41, 5.74) is 1.15. The zero-order valence-electron chi connectivity index (χ0n) is 14.7. The predicted octanol–water partition coefficient (Wildman–Crippen LogP) is 3.60. The summed E-state index contributed by atoms with van der Waals surface area (Å²) in [5, 5.41) is 0. The van der Waals surface area contributed by atoms with E-state index in [1.165, 1.54) is 0 Å². The van der Waals surface area contributed by atoms with E-state index in [4.69, 9.17) is 9.47 Å². The molecule has 1 saturated heterocycles. The van der Waals surface area contributed by atoms with E-state index in [-0.39, 0.29) is 17.9 Å².